The van der Waals surface area contributed by atoms with Crippen LogP contribution in [0.2, 0.25) is 5.02 Å². The number of rotatable bonds is 9. The maximum atomic E-state index is 12.2. The highest BCUT2D eigenvalue weighted by Crippen LogP contribution is 2.21. The minimum absolute atomic E-state index is 0.276. The molecule has 27 heavy (non-hydrogen) atoms. The summed E-state index contributed by atoms with van der Waals surface area (Å²) >= 11 is 7.64. The fourth-order valence-electron chi connectivity index (χ4n) is 2.35. The third-order valence-electron chi connectivity index (χ3n) is 3.74. The van der Waals surface area contributed by atoms with Gasteiger partial charge in [-0.15, -0.1) is 0 Å². The number of halogens is 1. The van der Waals surface area contributed by atoms with Gasteiger partial charge in [-0.3, -0.25) is 9.10 Å². The lowest BCUT2D eigenvalue weighted by Gasteiger charge is -2.22. The first-order valence-corrected chi connectivity index (χ1v) is 11.8. The lowest BCUT2D eigenvalue weighted by Crippen LogP contribution is -2.41. The molecule has 0 bridgehead atoms. The Morgan fingerprint density at radius 1 is 1.19 bits per heavy atom. The standard InChI is InChI=1S/C19H23ClN2O3S2/c1-15-6-8-16(9-7-15)14-26-11-10-21-19(23)13-22(27(2,24)25)18-5-3-4-17(20)12-18/h3-9,12H,10-11,13-14H2,1-2H3,(H,21,23). The molecule has 0 aliphatic carbocycles. The highest BCUT2D eigenvalue weighted by atomic mass is 35.5. The molecule has 0 aliphatic heterocycles. The Kier molecular flexibility index (Phi) is 8.01. The molecule has 1 amide bonds. The fraction of sp³-hybridized carbons (Fsp3) is 0.316. The van der Waals surface area contributed by atoms with Crippen molar-refractivity contribution >= 4 is 45.0 Å². The Balaban J connectivity index is 1.81. The van der Waals surface area contributed by atoms with Crippen LogP contribution in [0.5, 0.6) is 0 Å². The number of thioether (sulfide) groups is 1. The van der Waals surface area contributed by atoms with Crippen molar-refractivity contribution in [2.24, 2.45) is 0 Å². The van der Waals surface area contributed by atoms with E-state index in [9.17, 15) is 13.2 Å². The Labute approximate surface area is 170 Å². The summed E-state index contributed by atoms with van der Waals surface area (Å²) in [7, 11) is -3.60. The van der Waals surface area contributed by atoms with E-state index in [-0.39, 0.29) is 12.5 Å². The van der Waals surface area contributed by atoms with Gasteiger partial charge in [-0.05, 0) is 30.7 Å². The Bertz CT molecular complexity index is 871. The van der Waals surface area contributed by atoms with Gasteiger partial charge in [0.15, 0.2) is 0 Å². The number of nitrogens with zero attached hydrogens (tertiary/aromatic N) is 1. The molecule has 0 fully saturated rings. The van der Waals surface area contributed by atoms with Crippen LogP contribution in [0.3, 0.4) is 0 Å². The van der Waals surface area contributed by atoms with Crippen LogP contribution in [-0.4, -0.2) is 39.4 Å². The molecule has 0 atom stereocenters. The predicted octanol–water partition coefficient (Wildman–Crippen LogP) is 3.46. The van der Waals surface area contributed by atoms with E-state index < -0.39 is 10.0 Å². The highest BCUT2D eigenvalue weighted by Gasteiger charge is 2.20. The molecule has 0 unspecified atom stereocenters. The maximum Gasteiger partial charge on any atom is 0.240 e. The summed E-state index contributed by atoms with van der Waals surface area (Å²) < 4.78 is 25.1. The molecule has 0 saturated heterocycles. The first kappa shape index (κ1) is 21.6. The molecular weight excluding hydrogens is 404 g/mol. The van der Waals surface area contributed by atoms with Crippen LogP contribution in [0.4, 0.5) is 5.69 Å². The minimum atomic E-state index is -3.60. The van der Waals surface area contributed by atoms with Gasteiger partial charge in [0.2, 0.25) is 15.9 Å². The number of sulfonamides is 1. The minimum Gasteiger partial charge on any atom is -0.354 e. The normalized spacial score (nSPS) is 11.2. The van der Waals surface area contributed by atoms with Gasteiger partial charge in [-0.25, -0.2) is 8.42 Å². The molecule has 2 aromatic carbocycles. The highest BCUT2D eigenvalue weighted by molar-refractivity contribution is 7.98. The average Bonchev–Trinajstić information content (AvgIpc) is 2.60. The summed E-state index contributed by atoms with van der Waals surface area (Å²) in [5, 5.41) is 3.18. The zero-order valence-corrected chi connectivity index (χ0v) is 17.7. The molecule has 0 spiro atoms. The lowest BCUT2D eigenvalue weighted by atomic mass is 10.2. The summed E-state index contributed by atoms with van der Waals surface area (Å²) in [4.78, 5) is 12.2. The summed E-state index contributed by atoms with van der Waals surface area (Å²) in [6.07, 6.45) is 1.07. The molecule has 0 radical (unpaired) electrons. The molecule has 2 rings (SSSR count). The van der Waals surface area contributed by atoms with Crippen LogP contribution in [0.15, 0.2) is 48.5 Å². The van der Waals surface area contributed by atoms with Crippen molar-refractivity contribution in [3.8, 4) is 0 Å². The van der Waals surface area contributed by atoms with Crippen LogP contribution < -0.4 is 9.62 Å². The van der Waals surface area contributed by atoms with Crippen LogP contribution >= 0.6 is 23.4 Å². The molecule has 1 N–H and O–H groups in total. The van der Waals surface area contributed by atoms with E-state index in [1.807, 2.05) is 0 Å². The van der Waals surface area contributed by atoms with Crippen molar-refractivity contribution in [3.05, 3.63) is 64.7 Å². The number of carbonyl (C=O) groups is 1. The first-order valence-electron chi connectivity index (χ1n) is 8.39. The number of carbonyl (C=O) groups excluding carboxylic acids is 1. The van der Waals surface area contributed by atoms with Crippen LogP contribution in [-0.2, 0) is 20.6 Å². The summed E-state index contributed by atoms with van der Waals surface area (Å²) in [6, 6.07) is 14.8. The predicted molar refractivity (Wildman–Crippen MR) is 114 cm³/mol. The lowest BCUT2D eigenvalue weighted by molar-refractivity contribution is -0.119. The number of hydrogen-bond donors (Lipinski definition) is 1. The van der Waals surface area contributed by atoms with E-state index in [1.165, 1.54) is 17.2 Å². The second-order valence-corrected chi connectivity index (χ2v) is 9.59. The first-order chi connectivity index (χ1) is 12.8. The number of nitrogens with one attached hydrogen (secondary N) is 1. The third kappa shape index (κ3) is 7.44. The SMILES string of the molecule is Cc1ccc(CSCCNC(=O)CN(c2cccc(Cl)c2)S(C)(=O)=O)cc1. The Hall–Kier alpha value is -1.70. The van der Waals surface area contributed by atoms with Crippen molar-refractivity contribution in [2.75, 3.05) is 29.4 Å². The van der Waals surface area contributed by atoms with Crippen molar-refractivity contribution in [3.63, 3.8) is 0 Å². The largest absolute Gasteiger partial charge is 0.354 e. The van der Waals surface area contributed by atoms with E-state index in [0.717, 1.165) is 22.1 Å². The molecule has 146 valence electrons. The molecule has 0 aliphatic rings. The van der Waals surface area contributed by atoms with Gasteiger partial charge in [-0.2, -0.15) is 11.8 Å². The van der Waals surface area contributed by atoms with E-state index in [4.69, 9.17) is 11.6 Å². The molecular formula is C19H23ClN2O3S2. The Morgan fingerprint density at radius 2 is 1.89 bits per heavy atom. The van der Waals surface area contributed by atoms with Crippen LogP contribution in [0, 0.1) is 6.92 Å². The second kappa shape index (κ2) is 10.0. The summed E-state index contributed by atoms with van der Waals surface area (Å²) in [5.74, 6) is 1.26. The van der Waals surface area contributed by atoms with E-state index in [2.05, 4.69) is 36.5 Å². The van der Waals surface area contributed by atoms with Crippen molar-refractivity contribution in [1.82, 2.24) is 5.32 Å². The monoisotopic (exact) mass is 426 g/mol. The molecule has 0 aromatic heterocycles. The quantitative estimate of drug-likeness (QED) is 0.623. The zero-order valence-electron chi connectivity index (χ0n) is 15.3. The molecule has 8 heteroatoms. The Morgan fingerprint density at radius 3 is 2.52 bits per heavy atom. The number of anilines is 1. The number of hydrogen-bond acceptors (Lipinski definition) is 4. The maximum absolute atomic E-state index is 12.2. The van der Waals surface area contributed by atoms with Crippen molar-refractivity contribution in [2.45, 2.75) is 12.7 Å². The number of benzene rings is 2. The van der Waals surface area contributed by atoms with Crippen LogP contribution in [0.25, 0.3) is 0 Å². The number of aryl methyl sites for hydroxylation is 1. The molecule has 5 nitrogen and oxygen atoms in total. The smallest absolute Gasteiger partial charge is 0.240 e. The van der Waals surface area contributed by atoms with E-state index in [1.54, 1.807) is 30.0 Å². The van der Waals surface area contributed by atoms with E-state index >= 15 is 0 Å². The molecule has 0 saturated carbocycles. The van der Waals surface area contributed by atoms with Gasteiger partial charge in [0, 0.05) is 23.1 Å². The topological polar surface area (TPSA) is 66.5 Å². The second-order valence-electron chi connectivity index (χ2n) is 6.14. The summed E-state index contributed by atoms with van der Waals surface area (Å²) in [5.41, 5.74) is 2.83. The van der Waals surface area contributed by atoms with Gasteiger partial charge in [0.25, 0.3) is 0 Å². The fourth-order valence-corrected chi connectivity index (χ4v) is 4.21. The van der Waals surface area contributed by atoms with Gasteiger partial charge >= 0.3 is 0 Å². The molecule has 2 aromatic rings. The van der Waals surface area contributed by atoms with Gasteiger partial charge in [0.05, 0.1) is 11.9 Å². The molecule has 0 heterocycles. The van der Waals surface area contributed by atoms with Crippen molar-refractivity contribution in [1.29, 1.82) is 0 Å². The third-order valence-corrected chi connectivity index (χ3v) is 6.15. The van der Waals surface area contributed by atoms with Gasteiger partial charge < -0.3 is 5.32 Å². The zero-order chi connectivity index (χ0) is 19.9. The van der Waals surface area contributed by atoms with Gasteiger partial charge in [0.1, 0.15) is 6.54 Å². The van der Waals surface area contributed by atoms with Crippen molar-refractivity contribution < 1.29 is 13.2 Å². The number of amides is 1. The summed E-state index contributed by atoms with van der Waals surface area (Å²) in [6.45, 7) is 2.25. The van der Waals surface area contributed by atoms with E-state index in [0.29, 0.717) is 17.3 Å². The van der Waals surface area contributed by atoms with Gasteiger partial charge in [-0.1, -0.05) is 47.5 Å². The van der Waals surface area contributed by atoms with Crippen LogP contribution in [0.1, 0.15) is 11.1 Å². The average molecular weight is 427 g/mol.